The number of aliphatic carboxylic acids is 1. The summed E-state index contributed by atoms with van der Waals surface area (Å²) in [6.07, 6.45) is 4.05. The van der Waals surface area contributed by atoms with Crippen LogP contribution in [-0.4, -0.2) is 59.7 Å². The Labute approximate surface area is 131 Å². The van der Waals surface area contributed by atoms with Crippen molar-refractivity contribution in [1.82, 2.24) is 9.80 Å². The van der Waals surface area contributed by atoms with Gasteiger partial charge in [-0.2, -0.15) is 0 Å². The predicted octanol–water partition coefficient (Wildman–Crippen LogP) is 1.82. The molecule has 1 aromatic carbocycles. The summed E-state index contributed by atoms with van der Waals surface area (Å²) in [6.45, 7) is 5.43. The largest absolute Gasteiger partial charge is 0.482 e. The lowest BCUT2D eigenvalue weighted by molar-refractivity contribution is -0.139. The van der Waals surface area contributed by atoms with Gasteiger partial charge in [0.25, 0.3) is 0 Å². The molecule has 2 fully saturated rings. The fourth-order valence-corrected chi connectivity index (χ4v) is 3.46. The van der Waals surface area contributed by atoms with Gasteiger partial charge in [0.15, 0.2) is 6.61 Å². The topological polar surface area (TPSA) is 53.0 Å². The molecule has 22 heavy (non-hydrogen) atoms. The standard InChI is InChI=1S/C17H24N2O3/c20-17(21)13-22-16-6-4-14(5-7-16)11-18-9-10-19-8-2-1-3-15(19)12-18/h4-7,15H,1-3,8-13H2,(H,20,21). The molecule has 0 spiro atoms. The van der Waals surface area contributed by atoms with E-state index in [-0.39, 0.29) is 6.61 Å². The van der Waals surface area contributed by atoms with Crippen LogP contribution in [0.5, 0.6) is 5.75 Å². The summed E-state index contributed by atoms with van der Waals surface area (Å²) in [4.78, 5) is 15.7. The minimum absolute atomic E-state index is 0.289. The molecule has 0 saturated carbocycles. The van der Waals surface area contributed by atoms with Crippen LogP contribution >= 0.6 is 0 Å². The number of nitrogens with zero attached hydrogens (tertiary/aromatic N) is 2. The Bertz CT molecular complexity index is 503. The molecular weight excluding hydrogens is 280 g/mol. The molecule has 120 valence electrons. The number of piperazine rings is 1. The molecule has 0 radical (unpaired) electrons. The maximum Gasteiger partial charge on any atom is 0.341 e. The van der Waals surface area contributed by atoms with Crippen LogP contribution < -0.4 is 4.74 Å². The Hall–Kier alpha value is -1.59. The first-order chi connectivity index (χ1) is 10.7. The number of carbonyl (C=O) groups is 1. The average Bonchev–Trinajstić information content (AvgIpc) is 2.54. The molecule has 2 aliphatic heterocycles. The number of hydrogen-bond donors (Lipinski definition) is 1. The molecular formula is C17H24N2O3. The number of rotatable bonds is 5. The van der Waals surface area contributed by atoms with Crippen molar-refractivity contribution in [3.8, 4) is 5.75 Å². The van der Waals surface area contributed by atoms with Gasteiger partial charge in [-0.15, -0.1) is 0 Å². The van der Waals surface area contributed by atoms with E-state index in [4.69, 9.17) is 9.84 Å². The molecule has 0 amide bonds. The molecule has 5 nitrogen and oxygen atoms in total. The highest BCUT2D eigenvalue weighted by Gasteiger charge is 2.28. The van der Waals surface area contributed by atoms with Crippen molar-refractivity contribution in [1.29, 1.82) is 0 Å². The molecule has 1 aromatic rings. The van der Waals surface area contributed by atoms with E-state index in [1.807, 2.05) is 24.3 Å². The van der Waals surface area contributed by atoms with Gasteiger partial charge in [-0.1, -0.05) is 18.6 Å². The molecule has 5 heteroatoms. The van der Waals surface area contributed by atoms with Gasteiger partial charge >= 0.3 is 5.97 Å². The van der Waals surface area contributed by atoms with Crippen LogP contribution in [0.25, 0.3) is 0 Å². The molecule has 1 N–H and O–H groups in total. The fourth-order valence-electron chi connectivity index (χ4n) is 3.46. The Morgan fingerprint density at radius 1 is 1.18 bits per heavy atom. The first-order valence-electron chi connectivity index (χ1n) is 8.10. The van der Waals surface area contributed by atoms with E-state index in [1.165, 1.54) is 37.9 Å². The lowest BCUT2D eigenvalue weighted by Gasteiger charge is -2.44. The molecule has 3 rings (SSSR count). The highest BCUT2D eigenvalue weighted by atomic mass is 16.5. The lowest BCUT2D eigenvalue weighted by atomic mass is 9.99. The number of fused-ring (bicyclic) bond motifs is 1. The summed E-state index contributed by atoms with van der Waals surface area (Å²) in [5, 5.41) is 8.60. The van der Waals surface area contributed by atoms with Crippen molar-refractivity contribution in [3.63, 3.8) is 0 Å². The molecule has 2 saturated heterocycles. The van der Waals surface area contributed by atoms with Gasteiger partial charge in [-0.05, 0) is 37.1 Å². The Morgan fingerprint density at radius 2 is 2.00 bits per heavy atom. The number of piperidine rings is 1. The van der Waals surface area contributed by atoms with Crippen molar-refractivity contribution >= 4 is 5.97 Å². The van der Waals surface area contributed by atoms with Gasteiger partial charge in [0.1, 0.15) is 5.75 Å². The number of benzene rings is 1. The van der Waals surface area contributed by atoms with E-state index in [0.717, 1.165) is 25.7 Å². The van der Waals surface area contributed by atoms with Crippen LogP contribution in [0.4, 0.5) is 0 Å². The Morgan fingerprint density at radius 3 is 2.77 bits per heavy atom. The first kappa shape index (κ1) is 15.3. The number of hydrogen-bond acceptors (Lipinski definition) is 4. The summed E-state index contributed by atoms with van der Waals surface area (Å²) in [5.74, 6) is -0.335. The molecule has 1 unspecified atom stereocenters. The molecule has 1 atom stereocenters. The van der Waals surface area contributed by atoms with Crippen LogP contribution in [0.2, 0.25) is 0 Å². The zero-order chi connectivity index (χ0) is 15.4. The maximum absolute atomic E-state index is 10.5. The molecule has 0 aliphatic carbocycles. The van der Waals surface area contributed by atoms with Crippen LogP contribution in [0.15, 0.2) is 24.3 Å². The SMILES string of the molecule is O=C(O)COc1ccc(CN2CCN3CCCCC3C2)cc1. The van der Waals surface area contributed by atoms with Gasteiger partial charge in [0.2, 0.25) is 0 Å². The van der Waals surface area contributed by atoms with Crippen LogP contribution in [0.1, 0.15) is 24.8 Å². The third-order valence-corrected chi connectivity index (χ3v) is 4.61. The maximum atomic E-state index is 10.5. The van der Waals surface area contributed by atoms with E-state index in [2.05, 4.69) is 9.80 Å². The second-order valence-electron chi connectivity index (χ2n) is 6.25. The second-order valence-corrected chi connectivity index (χ2v) is 6.25. The molecule has 2 aliphatic rings. The highest BCUT2D eigenvalue weighted by molar-refractivity contribution is 5.68. The van der Waals surface area contributed by atoms with E-state index in [9.17, 15) is 4.79 Å². The van der Waals surface area contributed by atoms with Crippen molar-refractivity contribution in [2.75, 3.05) is 32.8 Å². The summed E-state index contributed by atoms with van der Waals surface area (Å²) < 4.78 is 5.16. The third-order valence-electron chi connectivity index (χ3n) is 4.61. The van der Waals surface area contributed by atoms with Gasteiger partial charge in [-0.3, -0.25) is 9.80 Å². The first-order valence-corrected chi connectivity index (χ1v) is 8.10. The summed E-state index contributed by atoms with van der Waals surface area (Å²) >= 11 is 0. The van der Waals surface area contributed by atoms with E-state index < -0.39 is 5.97 Å². The quantitative estimate of drug-likeness (QED) is 0.899. The Kier molecular flexibility index (Phi) is 4.95. The summed E-state index contributed by atoms with van der Waals surface area (Å²) in [7, 11) is 0. The zero-order valence-corrected chi connectivity index (χ0v) is 12.9. The highest BCUT2D eigenvalue weighted by Crippen LogP contribution is 2.22. The van der Waals surface area contributed by atoms with Gasteiger partial charge in [-0.25, -0.2) is 4.79 Å². The van der Waals surface area contributed by atoms with Gasteiger partial charge < -0.3 is 9.84 Å². The lowest BCUT2D eigenvalue weighted by Crippen LogP contribution is -2.54. The van der Waals surface area contributed by atoms with Gasteiger partial charge in [0.05, 0.1) is 0 Å². The molecule has 0 aromatic heterocycles. The smallest absolute Gasteiger partial charge is 0.341 e. The predicted molar refractivity (Wildman–Crippen MR) is 84.1 cm³/mol. The van der Waals surface area contributed by atoms with E-state index in [1.54, 1.807) is 0 Å². The minimum Gasteiger partial charge on any atom is -0.482 e. The Balaban J connectivity index is 1.51. The number of carboxylic acid groups (broad SMARTS) is 1. The number of carboxylic acids is 1. The fraction of sp³-hybridized carbons (Fsp3) is 0.588. The molecule has 0 bridgehead atoms. The van der Waals surface area contributed by atoms with Crippen molar-refractivity contribution in [2.45, 2.75) is 31.8 Å². The van der Waals surface area contributed by atoms with Crippen LogP contribution in [0.3, 0.4) is 0 Å². The van der Waals surface area contributed by atoms with Crippen LogP contribution in [-0.2, 0) is 11.3 Å². The zero-order valence-electron chi connectivity index (χ0n) is 12.9. The van der Waals surface area contributed by atoms with E-state index in [0.29, 0.717) is 5.75 Å². The normalized spacial score (nSPS) is 23.0. The van der Waals surface area contributed by atoms with E-state index >= 15 is 0 Å². The third kappa shape index (κ3) is 3.99. The summed E-state index contributed by atoms with van der Waals surface area (Å²) in [6, 6.07) is 8.51. The molecule has 2 heterocycles. The monoisotopic (exact) mass is 304 g/mol. The minimum atomic E-state index is -0.950. The second kappa shape index (κ2) is 7.11. The van der Waals surface area contributed by atoms with Crippen molar-refractivity contribution < 1.29 is 14.6 Å². The van der Waals surface area contributed by atoms with Gasteiger partial charge in [0, 0.05) is 32.2 Å². The van der Waals surface area contributed by atoms with Crippen LogP contribution in [0, 0.1) is 0 Å². The average molecular weight is 304 g/mol. The van der Waals surface area contributed by atoms with Crippen molar-refractivity contribution in [3.05, 3.63) is 29.8 Å². The number of ether oxygens (including phenoxy) is 1. The van der Waals surface area contributed by atoms with Crippen molar-refractivity contribution in [2.24, 2.45) is 0 Å². The summed E-state index contributed by atoms with van der Waals surface area (Å²) in [5.41, 5.74) is 1.26.